The quantitative estimate of drug-likeness (QED) is 0.692. The van der Waals surface area contributed by atoms with Crippen molar-refractivity contribution in [2.75, 3.05) is 13.2 Å². The van der Waals surface area contributed by atoms with E-state index in [9.17, 15) is 8.78 Å². The highest BCUT2D eigenvalue weighted by Crippen LogP contribution is 2.21. The second-order valence-corrected chi connectivity index (χ2v) is 6.66. The van der Waals surface area contributed by atoms with Gasteiger partial charge in [0.2, 0.25) is 0 Å². The summed E-state index contributed by atoms with van der Waals surface area (Å²) in [4.78, 5) is 0. The van der Waals surface area contributed by atoms with Crippen LogP contribution in [0.2, 0.25) is 0 Å². The molecule has 0 saturated heterocycles. The number of aliphatic hydroxyl groups excluding tert-OH is 1. The van der Waals surface area contributed by atoms with Gasteiger partial charge >= 0.3 is 0 Å². The Morgan fingerprint density at radius 3 is 2.04 bits per heavy atom. The minimum Gasteiger partial charge on any atom is -0.508 e. The standard InChI is InChI=1S/C10H12BrFO2.C6H4BrFO/c1-7(5-13)6-14-10-3-8(11)2-9(12)4-10;7-4-1-5(8)3-6(9)2-4/h2-4,7,13H,5-6H2,1H3;1-3,9H. The summed E-state index contributed by atoms with van der Waals surface area (Å²) < 4.78 is 31.6. The zero-order valence-corrected chi connectivity index (χ0v) is 15.4. The fourth-order valence-electron chi connectivity index (χ4n) is 1.44. The van der Waals surface area contributed by atoms with E-state index < -0.39 is 5.82 Å². The summed E-state index contributed by atoms with van der Waals surface area (Å²) in [5.41, 5.74) is 0. The number of benzene rings is 2. The first-order valence-electron chi connectivity index (χ1n) is 6.65. The van der Waals surface area contributed by atoms with Crippen LogP contribution in [0, 0.1) is 17.6 Å². The number of phenols is 1. The average molecular weight is 454 g/mol. The van der Waals surface area contributed by atoms with Gasteiger partial charge in [-0.05, 0) is 24.3 Å². The molecule has 0 aliphatic heterocycles. The van der Waals surface area contributed by atoms with E-state index >= 15 is 0 Å². The summed E-state index contributed by atoms with van der Waals surface area (Å²) in [6.07, 6.45) is 0. The Balaban J connectivity index is 0.000000253. The van der Waals surface area contributed by atoms with Crippen LogP contribution in [0.15, 0.2) is 45.3 Å². The van der Waals surface area contributed by atoms with E-state index in [1.54, 1.807) is 6.07 Å². The second kappa shape index (κ2) is 9.85. The number of rotatable bonds is 4. The first-order chi connectivity index (χ1) is 10.8. The number of hydrogen-bond acceptors (Lipinski definition) is 3. The Labute approximate surface area is 150 Å². The Morgan fingerprint density at radius 2 is 1.57 bits per heavy atom. The lowest BCUT2D eigenvalue weighted by Crippen LogP contribution is -2.12. The van der Waals surface area contributed by atoms with E-state index in [0.29, 0.717) is 21.3 Å². The van der Waals surface area contributed by atoms with Crippen LogP contribution in [-0.4, -0.2) is 23.4 Å². The molecule has 0 fully saturated rings. The van der Waals surface area contributed by atoms with Gasteiger partial charge < -0.3 is 14.9 Å². The maximum atomic E-state index is 12.9. The zero-order chi connectivity index (χ0) is 17.4. The van der Waals surface area contributed by atoms with Gasteiger partial charge in [0.15, 0.2) is 0 Å². The van der Waals surface area contributed by atoms with Gasteiger partial charge in [0.25, 0.3) is 0 Å². The number of ether oxygens (including phenoxy) is 1. The molecule has 0 spiro atoms. The predicted octanol–water partition coefficient (Wildman–Crippen LogP) is 4.89. The van der Waals surface area contributed by atoms with Crippen molar-refractivity contribution in [1.82, 2.24) is 0 Å². The molecule has 23 heavy (non-hydrogen) atoms. The molecule has 2 aromatic carbocycles. The van der Waals surface area contributed by atoms with Crippen molar-refractivity contribution in [1.29, 1.82) is 0 Å². The van der Waals surface area contributed by atoms with Crippen LogP contribution in [0.5, 0.6) is 11.5 Å². The minimum atomic E-state index is -0.443. The topological polar surface area (TPSA) is 49.7 Å². The SMILES string of the molecule is CC(CO)COc1cc(F)cc(Br)c1.Oc1cc(F)cc(Br)c1. The summed E-state index contributed by atoms with van der Waals surface area (Å²) in [5, 5.41) is 17.5. The van der Waals surface area contributed by atoms with Gasteiger partial charge in [-0.2, -0.15) is 0 Å². The van der Waals surface area contributed by atoms with E-state index in [-0.39, 0.29) is 24.1 Å². The summed E-state index contributed by atoms with van der Waals surface area (Å²) in [5.74, 6) is -0.330. The number of aromatic hydroxyl groups is 1. The highest BCUT2D eigenvalue weighted by Gasteiger charge is 2.03. The largest absolute Gasteiger partial charge is 0.508 e. The summed E-state index contributed by atoms with van der Waals surface area (Å²) >= 11 is 6.18. The first-order valence-corrected chi connectivity index (χ1v) is 8.23. The van der Waals surface area contributed by atoms with Crippen molar-refractivity contribution < 1.29 is 23.7 Å². The maximum absolute atomic E-state index is 12.9. The molecule has 1 unspecified atom stereocenters. The highest BCUT2D eigenvalue weighted by molar-refractivity contribution is 9.10. The van der Waals surface area contributed by atoms with E-state index in [1.807, 2.05) is 6.92 Å². The monoisotopic (exact) mass is 452 g/mol. The maximum Gasteiger partial charge on any atom is 0.128 e. The third-order valence-corrected chi connectivity index (χ3v) is 3.45. The Bertz CT molecular complexity index is 568. The van der Waals surface area contributed by atoms with Crippen LogP contribution in [-0.2, 0) is 0 Å². The van der Waals surface area contributed by atoms with Crippen LogP contribution >= 0.6 is 31.9 Å². The molecule has 2 N–H and O–H groups in total. The van der Waals surface area contributed by atoms with Crippen LogP contribution in [0.25, 0.3) is 0 Å². The van der Waals surface area contributed by atoms with Gasteiger partial charge in [-0.25, -0.2) is 8.78 Å². The van der Waals surface area contributed by atoms with E-state index in [2.05, 4.69) is 31.9 Å². The lowest BCUT2D eigenvalue weighted by molar-refractivity contribution is 0.174. The smallest absolute Gasteiger partial charge is 0.128 e. The molecule has 7 heteroatoms. The van der Waals surface area contributed by atoms with Gasteiger partial charge in [-0.15, -0.1) is 0 Å². The summed E-state index contributed by atoms with van der Waals surface area (Å²) in [6, 6.07) is 8.11. The van der Waals surface area contributed by atoms with E-state index in [4.69, 9.17) is 14.9 Å². The molecule has 2 aromatic rings. The molecular formula is C16H16Br2F2O3. The van der Waals surface area contributed by atoms with Crippen molar-refractivity contribution in [3.05, 3.63) is 57.0 Å². The van der Waals surface area contributed by atoms with Gasteiger partial charge in [0.1, 0.15) is 23.1 Å². The normalized spacial score (nSPS) is 11.4. The van der Waals surface area contributed by atoms with Crippen molar-refractivity contribution in [2.45, 2.75) is 6.92 Å². The zero-order valence-electron chi connectivity index (χ0n) is 12.3. The van der Waals surface area contributed by atoms with Crippen LogP contribution in [0.3, 0.4) is 0 Å². The third kappa shape index (κ3) is 8.29. The molecule has 3 nitrogen and oxygen atoms in total. The summed E-state index contributed by atoms with van der Waals surface area (Å²) in [6.45, 7) is 2.30. The molecule has 0 radical (unpaired) electrons. The number of hydrogen-bond donors (Lipinski definition) is 2. The lowest BCUT2D eigenvalue weighted by atomic mass is 10.2. The molecule has 0 amide bonds. The molecule has 1 atom stereocenters. The molecule has 126 valence electrons. The highest BCUT2D eigenvalue weighted by atomic mass is 79.9. The molecular weight excluding hydrogens is 438 g/mol. The van der Waals surface area contributed by atoms with Gasteiger partial charge in [0.05, 0.1) is 6.61 Å². The lowest BCUT2D eigenvalue weighted by Gasteiger charge is -2.10. The fourth-order valence-corrected chi connectivity index (χ4v) is 2.34. The first kappa shape index (κ1) is 19.9. The Hall–Kier alpha value is -1.18. The second-order valence-electron chi connectivity index (χ2n) is 4.83. The van der Waals surface area contributed by atoms with Crippen molar-refractivity contribution in [3.8, 4) is 11.5 Å². The number of phenolic OH excluding ortho intramolecular Hbond substituents is 1. The molecule has 2 rings (SSSR count). The Kier molecular flexibility index (Phi) is 8.51. The van der Waals surface area contributed by atoms with Gasteiger partial charge in [0, 0.05) is 33.6 Å². The minimum absolute atomic E-state index is 0.0528. The van der Waals surface area contributed by atoms with Crippen LogP contribution < -0.4 is 4.74 Å². The molecule has 0 saturated carbocycles. The van der Waals surface area contributed by atoms with Crippen LogP contribution in [0.4, 0.5) is 8.78 Å². The van der Waals surface area contributed by atoms with Crippen molar-refractivity contribution in [2.24, 2.45) is 5.92 Å². The van der Waals surface area contributed by atoms with Crippen LogP contribution in [0.1, 0.15) is 6.92 Å². The Morgan fingerprint density at radius 1 is 1.00 bits per heavy atom. The van der Waals surface area contributed by atoms with Crippen molar-refractivity contribution >= 4 is 31.9 Å². The van der Waals surface area contributed by atoms with E-state index in [0.717, 1.165) is 6.07 Å². The fraction of sp³-hybridized carbons (Fsp3) is 0.250. The van der Waals surface area contributed by atoms with Gasteiger partial charge in [-0.3, -0.25) is 0 Å². The summed E-state index contributed by atoms with van der Waals surface area (Å²) in [7, 11) is 0. The molecule has 0 bridgehead atoms. The van der Waals surface area contributed by atoms with E-state index in [1.165, 1.54) is 24.3 Å². The molecule has 0 aromatic heterocycles. The number of aliphatic hydroxyl groups is 1. The van der Waals surface area contributed by atoms with Crippen molar-refractivity contribution in [3.63, 3.8) is 0 Å². The molecule has 0 aliphatic rings. The average Bonchev–Trinajstić information content (AvgIpc) is 2.43. The molecule has 0 aliphatic carbocycles. The number of halogens is 4. The van der Waals surface area contributed by atoms with Gasteiger partial charge in [-0.1, -0.05) is 38.8 Å². The third-order valence-electron chi connectivity index (χ3n) is 2.53. The molecule has 0 heterocycles. The predicted molar refractivity (Wildman–Crippen MR) is 91.6 cm³/mol.